The van der Waals surface area contributed by atoms with Crippen molar-refractivity contribution in [3.05, 3.63) is 54.1 Å². The van der Waals surface area contributed by atoms with Gasteiger partial charge in [0, 0.05) is 11.8 Å². The Morgan fingerprint density at radius 3 is 2.63 bits per heavy atom. The average Bonchev–Trinajstić information content (AvgIpc) is 2.75. The Hall–Kier alpha value is -3.64. The summed E-state index contributed by atoms with van der Waals surface area (Å²) in [6.07, 6.45) is 6.70. The van der Waals surface area contributed by atoms with Crippen LogP contribution >= 0.6 is 11.8 Å². The lowest BCUT2D eigenvalue weighted by atomic mass is 10.3. The van der Waals surface area contributed by atoms with Crippen molar-refractivity contribution in [2.24, 2.45) is 0 Å². The van der Waals surface area contributed by atoms with E-state index in [1.165, 1.54) is 19.5 Å². The molecule has 0 aliphatic heterocycles. The lowest BCUT2D eigenvalue weighted by Crippen LogP contribution is -2.13. The second kappa shape index (κ2) is 9.71. The minimum Gasteiger partial charge on any atom is -0.479 e. The molecule has 2 aromatic heterocycles. The van der Waals surface area contributed by atoms with Gasteiger partial charge in [-0.3, -0.25) is 0 Å². The SMILES string of the molecule is C#Cc1nc(Sc2cc(C(=O)OC(C)C)ncn2)nc(OC)c1Nc1ccccc1. The first-order valence-corrected chi connectivity index (χ1v) is 9.77. The van der Waals surface area contributed by atoms with Gasteiger partial charge in [-0.1, -0.05) is 18.2 Å². The van der Waals surface area contributed by atoms with E-state index in [-0.39, 0.29) is 17.7 Å². The lowest BCUT2D eigenvalue weighted by molar-refractivity contribution is 0.0370. The molecule has 30 heavy (non-hydrogen) atoms. The summed E-state index contributed by atoms with van der Waals surface area (Å²) >= 11 is 1.13. The van der Waals surface area contributed by atoms with E-state index in [1.54, 1.807) is 13.8 Å². The number of nitrogens with one attached hydrogen (secondary N) is 1. The van der Waals surface area contributed by atoms with Crippen molar-refractivity contribution in [3.8, 4) is 18.2 Å². The molecule has 2 heterocycles. The molecule has 0 atom stereocenters. The smallest absolute Gasteiger partial charge is 0.357 e. The van der Waals surface area contributed by atoms with Crippen LogP contribution in [0.25, 0.3) is 0 Å². The molecule has 8 nitrogen and oxygen atoms in total. The number of terminal acetylenes is 1. The van der Waals surface area contributed by atoms with Crippen LogP contribution in [0.1, 0.15) is 30.0 Å². The molecule has 9 heteroatoms. The van der Waals surface area contributed by atoms with E-state index in [4.69, 9.17) is 15.9 Å². The van der Waals surface area contributed by atoms with Gasteiger partial charge in [-0.25, -0.2) is 19.7 Å². The molecule has 1 aromatic carbocycles. The number of benzene rings is 1. The second-order valence-corrected chi connectivity index (χ2v) is 7.16. The Balaban J connectivity index is 1.89. The molecular formula is C21H19N5O3S. The minimum absolute atomic E-state index is 0.146. The van der Waals surface area contributed by atoms with Crippen molar-refractivity contribution >= 4 is 29.1 Å². The summed E-state index contributed by atoms with van der Waals surface area (Å²) in [5, 5.41) is 3.97. The molecule has 0 bridgehead atoms. The number of methoxy groups -OCH3 is 1. The van der Waals surface area contributed by atoms with Gasteiger partial charge < -0.3 is 14.8 Å². The highest BCUT2D eigenvalue weighted by atomic mass is 32.2. The molecule has 0 unspecified atom stereocenters. The number of ether oxygens (including phenoxy) is 2. The van der Waals surface area contributed by atoms with Crippen LogP contribution in [0.4, 0.5) is 11.4 Å². The molecule has 0 radical (unpaired) electrons. The van der Waals surface area contributed by atoms with Gasteiger partial charge in [-0.05, 0) is 43.7 Å². The summed E-state index contributed by atoms with van der Waals surface area (Å²) < 4.78 is 10.6. The Morgan fingerprint density at radius 1 is 1.20 bits per heavy atom. The third-order valence-electron chi connectivity index (χ3n) is 3.62. The zero-order chi connectivity index (χ0) is 21.5. The van der Waals surface area contributed by atoms with E-state index in [0.717, 1.165) is 17.4 Å². The van der Waals surface area contributed by atoms with Gasteiger partial charge in [-0.15, -0.1) is 6.42 Å². The van der Waals surface area contributed by atoms with Crippen LogP contribution in [0.5, 0.6) is 5.88 Å². The van der Waals surface area contributed by atoms with Gasteiger partial charge in [0.15, 0.2) is 10.9 Å². The number of rotatable bonds is 7. The van der Waals surface area contributed by atoms with Crippen LogP contribution in [0.2, 0.25) is 0 Å². The van der Waals surface area contributed by atoms with Crippen LogP contribution in [-0.4, -0.2) is 39.1 Å². The number of hydrogen-bond acceptors (Lipinski definition) is 9. The fraction of sp³-hybridized carbons (Fsp3) is 0.190. The Bertz CT molecular complexity index is 1080. The van der Waals surface area contributed by atoms with Crippen LogP contribution in [-0.2, 0) is 4.74 Å². The molecule has 0 aliphatic rings. The Morgan fingerprint density at radius 2 is 1.97 bits per heavy atom. The molecule has 3 aromatic rings. The maximum absolute atomic E-state index is 12.1. The fourth-order valence-electron chi connectivity index (χ4n) is 2.37. The second-order valence-electron chi connectivity index (χ2n) is 6.17. The van der Waals surface area contributed by atoms with Crippen molar-refractivity contribution in [2.75, 3.05) is 12.4 Å². The lowest BCUT2D eigenvalue weighted by Gasteiger charge is -2.13. The van der Waals surface area contributed by atoms with Crippen LogP contribution in [0, 0.1) is 12.3 Å². The summed E-state index contributed by atoms with van der Waals surface area (Å²) in [4.78, 5) is 29.0. The number of nitrogens with zero attached hydrogens (tertiary/aromatic N) is 4. The highest BCUT2D eigenvalue weighted by Gasteiger charge is 2.17. The molecule has 0 spiro atoms. The molecule has 0 saturated carbocycles. The topological polar surface area (TPSA) is 99.1 Å². The number of aromatic nitrogens is 4. The maximum atomic E-state index is 12.1. The van der Waals surface area contributed by atoms with Gasteiger partial charge in [0.2, 0.25) is 5.88 Å². The first-order valence-electron chi connectivity index (χ1n) is 8.95. The summed E-state index contributed by atoms with van der Waals surface area (Å²) in [6.45, 7) is 3.53. The fourth-order valence-corrected chi connectivity index (χ4v) is 3.09. The number of carbonyl (C=O) groups is 1. The molecule has 0 aliphatic carbocycles. The molecule has 3 rings (SSSR count). The first-order chi connectivity index (χ1) is 14.5. The van der Waals surface area contributed by atoms with Crippen molar-refractivity contribution in [1.82, 2.24) is 19.9 Å². The monoisotopic (exact) mass is 421 g/mol. The van der Waals surface area contributed by atoms with Gasteiger partial charge in [0.05, 0.1) is 13.2 Å². The van der Waals surface area contributed by atoms with E-state index >= 15 is 0 Å². The van der Waals surface area contributed by atoms with Crippen molar-refractivity contribution in [1.29, 1.82) is 0 Å². The van der Waals surface area contributed by atoms with Gasteiger partial charge in [-0.2, -0.15) is 4.98 Å². The Labute approximate surface area is 178 Å². The number of esters is 1. The third-order valence-corrected chi connectivity index (χ3v) is 4.42. The molecule has 0 saturated heterocycles. The zero-order valence-corrected chi connectivity index (χ0v) is 17.4. The normalized spacial score (nSPS) is 10.4. The maximum Gasteiger partial charge on any atom is 0.357 e. The molecule has 152 valence electrons. The summed E-state index contributed by atoms with van der Waals surface area (Å²) in [6, 6.07) is 11.0. The van der Waals surface area contributed by atoms with Gasteiger partial charge >= 0.3 is 5.97 Å². The Kier molecular flexibility index (Phi) is 6.83. The van der Waals surface area contributed by atoms with Gasteiger partial charge in [0.25, 0.3) is 0 Å². The van der Waals surface area contributed by atoms with Crippen LogP contribution in [0.15, 0.2) is 52.9 Å². The molecular weight excluding hydrogens is 402 g/mol. The van der Waals surface area contributed by atoms with Crippen molar-refractivity contribution < 1.29 is 14.3 Å². The van der Waals surface area contributed by atoms with Crippen LogP contribution < -0.4 is 10.1 Å². The van der Waals surface area contributed by atoms with E-state index < -0.39 is 5.97 Å². The number of hydrogen-bond donors (Lipinski definition) is 1. The van der Waals surface area contributed by atoms with E-state index in [9.17, 15) is 4.79 Å². The van der Waals surface area contributed by atoms with Crippen molar-refractivity contribution in [2.45, 2.75) is 30.1 Å². The number of carbonyl (C=O) groups excluding carboxylic acids is 1. The minimum atomic E-state index is -0.528. The predicted molar refractivity (Wildman–Crippen MR) is 113 cm³/mol. The van der Waals surface area contributed by atoms with E-state index in [0.29, 0.717) is 21.6 Å². The van der Waals surface area contributed by atoms with Gasteiger partial charge in [0.1, 0.15) is 22.7 Å². The standard InChI is InChI=1S/C21H19N5O3S/c1-5-15-18(24-14-9-7-6-8-10-14)19(28-4)26-21(25-15)30-17-11-16(22-12-23-17)20(27)29-13(2)3/h1,6-13,24H,2-4H3. The summed E-state index contributed by atoms with van der Waals surface area (Å²) in [5.41, 5.74) is 1.79. The quantitative estimate of drug-likeness (QED) is 0.265. The van der Waals surface area contributed by atoms with E-state index in [1.807, 2.05) is 30.3 Å². The molecule has 1 N–H and O–H groups in total. The van der Waals surface area contributed by atoms with Crippen LogP contribution in [0.3, 0.4) is 0 Å². The average molecular weight is 421 g/mol. The summed E-state index contributed by atoms with van der Waals surface area (Å²) in [7, 11) is 1.50. The molecule has 0 fully saturated rings. The number of para-hydroxylation sites is 1. The number of anilines is 2. The first kappa shape index (κ1) is 21.1. The zero-order valence-electron chi connectivity index (χ0n) is 16.6. The van der Waals surface area contributed by atoms with Crippen molar-refractivity contribution in [3.63, 3.8) is 0 Å². The predicted octanol–water partition coefficient (Wildman–Crippen LogP) is 3.72. The largest absolute Gasteiger partial charge is 0.479 e. The van der Waals surface area contributed by atoms with E-state index in [2.05, 4.69) is 31.2 Å². The summed E-state index contributed by atoms with van der Waals surface area (Å²) in [5.74, 6) is 2.32. The third kappa shape index (κ3) is 5.24. The highest BCUT2D eigenvalue weighted by molar-refractivity contribution is 7.99. The highest BCUT2D eigenvalue weighted by Crippen LogP contribution is 2.32. The molecule has 0 amide bonds.